The van der Waals surface area contributed by atoms with E-state index in [0.29, 0.717) is 0 Å². The number of rotatable bonds is 9. The van der Waals surface area contributed by atoms with Gasteiger partial charge in [-0.3, -0.25) is 0 Å². The number of fused-ring (bicyclic) bond motifs is 18. The number of nitrogens with zero attached hydrogens (tertiary/aromatic N) is 2. The van der Waals surface area contributed by atoms with Gasteiger partial charge in [-0.05, 0) is 161 Å². The van der Waals surface area contributed by atoms with E-state index in [-0.39, 0.29) is 10.8 Å². The van der Waals surface area contributed by atoms with Crippen LogP contribution in [0.2, 0.25) is 26.2 Å². The van der Waals surface area contributed by atoms with Crippen molar-refractivity contribution in [1.29, 1.82) is 0 Å². The van der Waals surface area contributed by atoms with Gasteiger partial charge in [0.1, 0.15) is 30.4 Å². The highest BCUT2D eigenvalue weighted by Gasteiger charge is 2.53. The van der Waals surface area contributed by atoms with Gasteiger partial charge >= 0.3 is 0 Å². The molecule has 0 bridgehead atoms. The number of hydrogen-bond donors (Lipinski definition) is 0. The van der Waals surface area contributed by atoms with E-state index in [2.05, 4.69) is 326 Å². The molecule has 1 spiro atoms. The Labute approximate surface area is 524 Å². The number of benzene rings is 12. The summed E-state index contributed by atoms with van der Waals surface area (Å²) in [7, 11) is -3.89. The average molecular weight is 1190 g/mol. The van der Waals surface area contributed by atoms with Crippen LogP contribution < -0.4 is 25.4 Å². The number of para-hydroxylation sites is 2. The summed E-state index contributed by atoms with van der Waals surface area (Å²) in [6.07, 6.45) is 0. The molecule has 2 heterocycles. The molecule has 0 N–H and O–H groups in total. The molecule has 6 heteroatoms. The minimum Gasteiger partial charge on any atom is -0.456 e. The SMILES string of the molecule is C[SiH](C)c1cc(N(c2ccc(C(C)(C)C)cc2)c2cc3c(c4ccccc24)-c2ccc(N(c4ccc(C(C)(C)C)cc4)c4cc([Si](C)(C)c5ccccc5)c5oc6ccccc6c5c4)cc2C32c3ccccc3-c3ccccc32)cc2c1oc1ccccc12. The van der Waals surface area contributed by atoms with Gasteiger partial charge in [-0.15, -0.1) is 0 Å². The Balaban J connectivity index is 0.996. The van der Waals surface area contributed by atoms with Crippen LogP contribution in [0.3, 0.4) is 0 Å². The largest absolute Gasteiger partial charge is 0.456 e. The van der Waals surface area contributed by atoms with Crippen LogP contribution in [-0.4, -0.2) is 16.9 Å². The zero-order valence-corrected chi connectivity index (χ0v) is 54.6. The summed E-state index contributed by atoms with van der Waals surface area (Å²) in [6.45, 7) is 23.6. The van der Waals surface area contributed by atoms with Gasteiger partial charge in [0.25, 0.3) is 0 Å². The van der Waals surface area contributed by atoms with E-state index in [9.17, 15) is 0 Å². The Morgan fingerprint density at radius 2 is 0.854 bits per heavy atom. The highest BCUT2D eigenvalue weighted by Crippen LogP contribution is 2.66. The van der Waals surface area contributed by atoms with Crippen molar-refractivity contribution in [2.24, 2.45) is 0 Å². The van der Waals surface area contributed by atoms with Gasteiger partial charge in [0, 0.05) is 55.4 Å². The van der Waals surface area contributed by atoms with Crippen molar-refractivity contribution >= 4 is 121 Å². The third kappa shape index (κ3) is 8.36. The molecule has 89 heavy (non-hydrogen) atoms. The van der Waals surface area contributed by atoms with Gasteiger partial charge in [0.2, 0.25) is 0 Å². The maximum Gasteiger partial charge on any atom is 0.135 e. The predicted molar refractivity (Wildman–Crippen MR) is 383 cm³/mol. The molecule has 434 valence electrons. The molecule has 2 aromatic heterocycles. The smallest absolute Gasteiger partial charge is 0.135 e. The molecule has 0 saturated carbocycles. The second-order valence-corrected chi connectivity index (χ2v) is 35.1. The van der Waals surface area contributed by atoms with Crippen molar-refractivity contribution in [2.75, 3.05) is 9.80 Å². The summed E-state index contributed by atoms with van der Waals surface area (Å²) in [5.41, 5.74) is 22.5. The van der Waals surface area contributed by atoms with Gasteiger partial charge in [0.15, 0.2) is 0 Å². The Morgan fingerprint density at radius 3 is 1.44 bits per heavy atom. The molecular weight excluding hydrogens is 1110 g/mol. The lowest BCUT2D eigenvalue weighted by Crippen LogP contribution is -2.53. The van der Waals surface area contributed by atoms with E-state index in [0.717, 1.165) is 78.0 Å². The van der Waals surface area contributed by atoms with E-state index in [1.54, 1.807) is 0 Å². The van der Waals surface area contributed by atoms with Crippen LogP contribution in [0.25, 0.3) is 76.9 Å². The molecule has 14 aromatic rings. The van der Waals surface area contributed by atoms with E-state index < -0.39 is 22.3 Å². The Kier molecular flexibility index (Phi) is 12.4. The molecule has 4 nitrogen and oxygen atoms in total. The predicted octanol–water partition coefficient (Wildman–Crippen LogP) is 21.0. The summed E-state index contributed by atoms with van der Waals surface area (Å²) in [5.74, 6) is 0. The van der Waals surface area contributed by atoms with Gasteiger partial charge in [0.05, 0.1) is 19.9 Å². The summed E-state index contributed by atoms with van der Waals surface area (Å²) in [4.78, 5) is 5.11. The molecule has 0 unspecified atom stereocenters. The van der Waals surface area contributed by atoms with Gasteiger partial charge in [-0.1, -0.05) is 243 Å². The van der Waals surface area contributed by atoms with E-state index in [4.69, 9.17) is 8.83 Å². The van der Waals surface area contributed by atoms with Crippen LogP contribution in [0.4, 0.5) is 34.1 Å². The van der Waals surface area contributed by atoms with E-state index in [1.165, 1.54) is 82.0 Å². The fourth-order valence-electron chi connectivity index (χ4n) is 15.2. The number of hydrogen-bond acceptors (Lipinski definition) is 4. The molecule has 0 fully saturated rings. The van der Waals surface area contributed by atoms with Gasteiger partial charge < -0.3 is 18.6 Å². The van der Waals surface area contributed by atoms with Gasteiger partial charge in [-0.25, -0.2) is 0 Å². The summed E-state index contributed by atoms with van der Waals surface area (Å²) in [6, 6.07) is 94.5. The van der Waals surface area contributed by atoms with Crippen molar-refractivity contribution in [3.63, 3.8) is 0 Å². The lowest BCUT2D eigenvalue weighted by Gasteiger charge is -2.34. The van der Waals surface area contributed by atoms with Crippen LogP contribution >= 0.6 is 0 Å². The van der Waals surface area contributed by atoms with Crippen molar-refractivity contribution in [3.8, 4) is 22.3 Å². The quantitative estimate of drug-likeness (QED) is 0.135. The first-order valence-corrected chi connectivity index (χ1v) is 37.6. The van der Waals surface area contributed by atoms with Crippen molar-refractivity contribution in [3.05, 3.63) is 282 Å². The Bertz CT molecular complexity index is 5130. The highest BCUT2D eigenvalue weighted by molar-refractivity contribution is 7.01. The normalized spacial score (nSPS) is 13.5. The maximum atomic E-state index is 7.01. The summed E-state index contributed by atoms with van der Waals surface area (Å²) in [5, 5.41) is 10.9. The standard InChI is InChI=1S/C83H72N2O2Si2/c1-81(2,3)52-36-40-54(41-37-52)84(58-47-68-64-30-19-23-35-75(64)87-80(68)77(50-58)89(9,10)59-24-12-11-13-25-59)56-44-45-66-71(48-56)83(69-32-20-16-26-60(69)61-27-17-21-33-70(61)83)72-51-73(62-28-14-15-31-65(62)78(66)72)85(55-42-38-53(39-43-55)82(4,5)6)57-46-67-63-29-18-22-34-74(63)86-79(67)76(49-57)88(7)8/h11-51,88H,1-10H3. The number of anilines is 6. The zero-order chi connectivity index (χ0) is 60.9. The molecule has 0 aliphatic heterocycles. The topological polar surface area (TPSA) is 32.8 Å². The van der Waals surface area contributed by atoms with E-state index in [1.807, 2.05) is 0 Å². The molecular formula is C83H72N2O2Si2. The van der Waals surface area contributed by atoms with Gasteiger partial charge in [-0.2, -0.15) is 0 Å². The summed E-state index contributed by atoms with van der Waals surface area (Å²) < 4.78 is 13.8. The number of furan rings is 2. The van der Waals surface area contributed by atoms with E-state index >= 15 is 0 Å². The zero-order valence-electron chi connectivity index (χ0n) is 52.5. The van der Waals surface area contributed by atoms with Crippen LogP contribution in [0.1, 0.15) is 74.9 Å². The molecule has 2 aliphatic rings. The Hall–Kier alpha value is -9.47. The van der Waals surface area contributed by atoms with Crippen molar-refractivity contribution in [2.45, 2.75) is 84.0 Å². The lowest BCUT2D eigenvalue weighted by atomic mass is 9.70. The highest BCUT2D eigenvalue weighted by atomic mass is 28.3. The van der Waals surface area contributed by atoms with Crippen LogP contribution in [0, 0.1) is 0 Å². The molecule has 0 amide bonds. The molecule has 0 atom stereocenters. The minimum atomic E-state index is -2.42. The van der Waals surface area contributed by atoms with Crippen LogP contribution in [0.15, 0.2) is 258 Å². The second-order valence-electron chi connectivity index (χ2n) is 27.8. The third-order valence-corrected chi connectivity index (χ3v) is 25.0. The first-order chi connectivity index (χ1) is 43.0. The Morgan fingerprint density at radius 1 is 0.371 bits per heavy atom. The molecule has 2 aliphatic carbocycles. The molecule has 16 rings (SSSR count). The molecule has 12 aromatic carbocycles. The average Bonchev–Trinajstić information content (AvgIpc) is 1.51. The maximum absolute atomic E-state index is 7.01. The van der Waals surface area contributed by atoms with Crippen LogP contribution in [-0.2, 0) is 16.2 Å². The third-order valence-electron chi connectivity index (χ3n) is 19.8. The minimum absolute atomic E-state index is 0.0243. The van der Waals surface area contributed by atoms with Crippen molar-refractivity contribution < 1.29 is 8.83 Å². The first kappa shape index (κ1) is 54.9. The lowest BCUT2D eigenvalue weighted by molar-refractivity contribution is 0.590. The molecule has 0 saturated heterocycles. The summed E-state index contributed by atoms with van der Waals surface area (Å²) >= 11 is 0. The van der Waals surface area contributed by atoms with Crippen LogP contribution in [0.5, 0.6) is 0 Å². The first-order valence-electron chi connectivity index (χ1n) is 31.7. The fraction of sp³-hybridized carbons (Fsp3) is 0.157. The second kappa shape index (κ2) is 20.0. The van der Waals surface area contributed by atoms with Crippen molar-refractivity contribution in [1.82, 2.24) is 0 Å². The fourth-order valence-corrected chi connectivity index (χ4v) is 19.0. The monoisotopic (exact) mass is 1180 g/mol. The molecule has 0 radical (unpaired) electrons.